The van der Waals surface area contributed by atoms with Crippen molar-refractivity contribution in [1.82, 2.24) is 0 Å². The first kappa shape index (κ1) is 13.5. The van der Waals surface area contributed by atoms with Crippen molar-refractivity contribution in [2.45, 2.75) is 38.1 Å². The van der Waals surface area contributed by atoms with Crippen molar-refractivity contribution in [1.29, 1.82) is 0 Å². The van der Waals surface area contributed by atoms with Crippen LogP contribution in [0.25, 0.3) is 0 Å². The summed E-state index contributed by atoms with van der Waals surface area (Å²) in [6, 6.07) is 6.18. The molecule has 0 amide bonds. The van der Waals surface area contributed by atoms with Gasteiger partial charge < -0.3 is 20.1 Å². The molecule has 0 fully saturated rings. The number of fused-ring (bicyclic) bond motifs is 1. The predicted octanol–water partition coefficient (Wildman–Crippen LogP) is 0.713. The predicted molar refractivity (Wildman–Crippen MR) is 67.3 cm³/mol. The number of aliphatic hydroxyl groups is 3. The monoisotopic (exact) mass is 252 g/mol. The second-order valence-corrected chi connectivity index (χ2v) is 4.86. The van der Waals surface area contributed by atoms with Crippen LogP contribution < -0.4 is 0 Å². The molecule has 0 saturated carbocycles. The molecule has 100 valence electrons. The molecule has 0 bridgehead atoms. The Balaban J connectivity index is 2.12. The van der Waals surface area contributed by atoms with E-state index in [0.29, 0.717) is 13.0 Å². The molecule has 4 heteroatoms. The van der Waals surface area contributed by atoms with Crippen LogP contribution in [0.4, 0.5) is 0 Å². The number of aryl methyl sites for hydroxylation is 1. The average Bonchev–Trinajstić information content (AvgIpc) is 2.37. The van der Waals surface area contributed by atoms with Gasteiger partial charge in [0.25, 0.3) is 0 Å². The van der Waals surface area contributed by atoms with Crippen LogP contribution in [0.15, 0.2) is 18.2 Å². The first-order valence-corrected chi connectivity index (χ1v) is 6.30. The number of hydrogen-bond acceptors (Lipinski definition) is 4. The first-order valence-electron chi connectivity index (χ1n) is 6.30. The summed E-state index contributed by atoms with van der Waals surface area (Å²) in [4.78, 5) is 0. The van der Waals surface area contributed by atoms with Gasteiger partial charge >= 0.3 is 0 Å². The Hall–Kier alpha value is -0.940. The number of benzene rings is 1. The Morgan fingerprint density at radius 3 is 2.83 bits per heavy atom. The molecule has 1 heterocycles. The van der Waals surface area contributed by atoms with Crippen molar-refractivity contribution in [3.05, 3.63) is 34.9 Å². The van der Waals surface area contributed by atoms with E-state index in [0.717, 1.165) is 12.0 Å². The highest BCUT2D eigenvalue weighted by atomic mass is 16.5. The lowest BCUT2D eigenvalue weighted by atomic mass is 9.92. The van der Waals surface area contributed by atoms with Crippen molar-refractivity contribution in [2.75, 3.05) is 13.2 Å². The summed E-state index contributed by atoms with van der Waals surface area (Å²) in [6.07, 6.45) is -1.09. The number of ether oxygens (including phenoxy) is 1. The second-order valence-electron chi connectivity index (χ2n) is 4.86. The molecule has 1 aliphatic rings. The minimum atomic E-state index is -1.11. The van der Waals surface area contributed by atoms with E-state index in [4.69, 9.17) is 9.84 Å². The molecule has 2 rings (SSSR count). The number of aliphatic hydroxyl groups excluding tert-OH is 3. The van der Waals surface area contributed by atoms with Gasteiger partial charge in [-0.2, -0.15) is 0 Å². The minimum Gasteiger partial charge on any atom is -0.394 e. The van der Waals surface area contributed by atoms with E-state index in [1.807, 2.05) is 12.1 Å². The van der Waals surface area contributed by atoms with Gasteiger partial charge in [0.05, 0.1) is 25.4 Å². The van der Waals surface area contributed by atoms with Crippen LogP contribution in [0.5, 0.6) is 0 Å². The van der Waals surface area contributed by atoms with Gasteiger partial charge in [0.1, 0.15) is 6.10 Å². The Bertz CT molecular complexity index is 405. The number of hydrogen-bond donors (Lipinski definition) is 3. The van der Waals surface area contributed by atoms with Crippen LogP contribution in [0, 0.1) is 6.92 Å². The van der Waals surface area contributed by atoms with Gasteiger partial charge in [-0.1, -0.05) is 23.8 Å². The van der Waals surface area contributed by atoms with Crippen molar-refractivity contribution < 1.29 is 20.1 Å². The van der Waals surface area contributed by atoms with Gasteiger partial charge in [-0.05, 0) is 24.5 Å². The SMILES string of the molecule is Cc1ccc2c(c1)CCOC2CC(O)C(O)CO. The van der Waals surface area contributed by atoms with E-state index < -0.39 is 18.8 Å². The maximum Gasteiger partial charge on any atom is 0.103 e. The highest BCUT2D eigenvalue weighted by molar-refractivity contribution is 5.34. The molecule has 18 heavy (non-hydrogen) atoms. The summed E-state index contributed by atoms with van der Waals surface area (Å²) in [5.74, 6) is 0. The largest absolute Gasteiger partial charge is 0.394 e. The van der Waals surface area contributed by atoms with E-state index in [9.17, 15) is 10.2 Å². The van der Waals surface area contributed by atoms with Crippen LogP contribution in [0.3, 0.4) is 0 Å². The van der Waals surface area contributed by atoms with E-state index in [-0.39, 0.29) is 6.10 Å². The topological polar surface area (TPSA) is 69.9 Å². The van der Waals surface area contributed by atoms with Crippen molar-refractivity contribution in [2.24, 2.45) is 0 Å². The first-order chi connectivity index (χ1) is 8.61. The van der Waals surface area contributed by atoms with Crippen LogP contribution in [-0.2, 0) is 11.2 Å². The normalized spacial score (nSPS) is 22.3. The molecule has 1 aliphatic heterocycles. The van der Waals surface area contributed by atoms with E-state index in [1.54, 1.807) is 0 Å². The third kappa shape index (κ3) is 2.90. The third-order valence-corrected chi connectivity index (χ3v) is 3.42. The Morgan fingerprint density at radius 2 is 2.11 bits per heavy atom. The molecular formula is C14H20O4. The second kappa shape index (κ2) is 5.80. The van der Waals surface area contributed by atoms with Gasteiger partial charge in [0.2, 0.25) is 0 Å². The van der Waals surface area contributed by atoms with E-state index in [1.165, 1.54) is 11.1 Å². The Kier molecular flexibility index (Phi) is 4.35. The Morgan fingerprint density at radius 1 is 1.33 bits per heavy atom. The highest BCUT2D eigenvalue weighted by Gasteiger charge is 2.26. The lowest BCUT2D eigenvalue weighted by Gasteiger charge is -2.29. The Labute approximate surface area is 107 Å². The molecular weight excluding hydrogens is 232 g/mol. The zero-order chi connectivity index (χ0) is 13.1. The summed E-state index contributed by atoms with van der Waals surface area (Å²) in [7, 11) is 0. The summed E-state index contributed by atoms with van der Waals surface area (Å²) in [6.45, 7) is 2.24. The fourth-order valence-corrected chi connectivity index (χ4v) is 2.36. The molecule has 3 atom stereocenters. The molecule has 0 aliphatic carbocycles. The molecule has 3 unspecified atom stereocenters. The minimum absolute atomic E-state index is 0.203. The lowest BCUT2D eigenvalue weighted by molar-refractivity contribution is -0.0552. The molecule has 0 radical (unpaired) electrons. The van der Waals surface area contributed by atoms with Crippen molar-refractivity contribution in [3.63, 3.8) is 0 Å². The van der Waals surface area contributed by atoms with Gasteiger partial charge in [0, 0.05) is 6.42 Å². The smallest absolute Gasteiger partial charge is 0.103 e. The summed E-state index contributed by atoms with van der Waals surface area (Å²) >= 11 is 0. The maximum atomic E-state index is 9.76. The van der Waals surface area contributed by atoms with E-state index >= 15 is 0 Å². The molecule has 0 saturated heterocycles. The summed E-state index contributed by atoms with van der Waals surface area (Å²) < 4.78 is 5.66. The molecule has 1 aromatic carbocycles. The zero-order valence-electron chi connectivity index (χ0n) is 10.5. The maximum absolute atomic E-state index is 9.76. The fraction of sp³-hybridized carbons (Fsp3) is 0.571. The molecule has 0 aromatic heterocycles. The molecule has 4 nitrogen and oxygen atoms in total. The zero-order valence-corrected chi connectivity index (χ0v) is 10.5. The quantitative estimate of drug-likeness (QED) is 0.738. The van der Waals surface area contributed by atoms with E-state index in [2.05, 4.69) is 13.0 Å². The molecule has 0 spiro atoms. The number of rotatable bonds is 4. The van der Waals surface area contributed by atoms with Crippen LogP contribution >= 0.6 is 0 Å². The van der Waals surface area contributed by atoms with Gasteiger partial charge in [-0.25, -0.2) is 0 Å². The van der Waals surface area contributed by atoms with Gasteiger partial charge in [-0.15, -0.1) is 0 Å². The summed E-state index contributed by atoms with van der Waals surface area (Å²) in [5, 5.41) is 28.0. The molecule has 3 N–H and O–H groups in total. The highest BCUT2D eigenvalue weighted by Crippen LogP contribution is 2.31. The van der Waals surface area contributed by atoms with Crippen LogP contribution in [-0.4, -0.2) is 40.7 Å². The van der Waals surface area contributed by atoms with Crippen molar-refractivity contribution in [3.8, 4) is 0 Å². The van der Waals surface area contributed by atoms with Gasteiger partial charge in [0.15, 0.2) is 0 Å². The third-order valence-electron chi connectivity index (χ3n) is 3.42. The molecule has 1 aromatic rings. The van der Waals surface area contributed by atoms with Crippen LogP contribution in [0.1, 0.15) is 29.2 Å². The van der Waals surface area contributed by atoms with Crippen LogP contribution in [0.2, 0.25) is 0 Å². The lowest BCUT2D eigenvalue weighted by Crippen LogP contribution is -2.32. The van der Waals surface area contributed by atoms with Crippen molar-refractivity contribution >= 4 is 0 Å². The fourth-order valence-electron chi connectivity index (χ4n) is 2.36. The van der Waals surface area contributed by atoms with Gasteiger partial charge in [-0.3, -0.25) is 0 Å². The summed E-state index contributed by atoms with van der Waals surface area (Å²) in [5.41, 5.74) is 3.54. The standard InChI is InChI=1S/C14H20O4/c1-9-2-3-11-10(6-9)4-5-18-14(11)7-12(16)13(17)8-15/h2-3,6,12-17H,4-5,7-8H2,1H3. The average molecular weight is 252 g/mol.